The fourth-order valence-electron chi connectivity index (χ4n) is 3.31. The van der Waals surface area contributed by atoms with Gasteiger partial charge in [-0.05, 0) is 36.8 Å². The number of carbonyl (C=O) groups is 2. The predicted molar refractivity (Wildman–Crippen MR) is 94.6 cm³/mol. The normalized spacial score (nSPS) is 17.5. The van der Waals surface area contributed by atoms with Gasteiger partial charge in [-0.25, -0.2) is 4.98 Å². The highest BCUT2D eigenvalue weighted by atomic mass is 16.3. The first-order valence-electron chi connectivity index (χ1n) is 8.38. The quantitative estimate of drug-likeness (QED) is 0.734. The molecule has 2 N–H and O–H groups in total. The van der Waals surface area contributed by atoms with Gasteiger partial charge in [-0.15, -0.1) is 0 Å². The van der Waals surface area contributed by atoms with Crippen LogP contribution in [0.4, 0.5) is 5.69 Å². The van der Waals surface area contributed by atoms with Crippen LogP contribution in [0, 0.1) is 0 Å². The summed E-state index contributed by atoms with van der Waals surface area (Å²) >= 11 is 0. The number of H-pyrrole nitrogens is 1. The predicted octanol–water partition coefficient (Wildman–Crippen LogP) is 3.43. The van der Waals surface area contributed by atoms with E-state index in [0.717, 1.165) is 11.0 Å². The molecule has 3 heterocycles. The van der Waals surface area contributed by atoms with Gasteiger partial charge in [0.25, 0.3) is 5.91 Å². The van der Waals surface area contributed by atoms with Crippen LogP contribution >= 0.6 is 0 Å². The number of aromatic amines is 1. The number of aliphatic hydroxyl groups excluding tert-OH is 1. The number of aromatic nitrogens is 2. The molecule has 1 atom stereocenters. The third-order valence-corrected chi connectivity index (χ3v) is 4.48. The van der Waals surface area contributed by atoms with Crippen LogP contribution in [0.2, 0.25) is 0 Å². The van der Waals surface area contributed by atoms with E-state index < -0.39 is 17.7 Å². The average molecular weight is 351 g/mol. The summed E-state index contributed by atoms with van der Waals surface area (Å²) in [4.78, 5) is 34.0. The fraction of sp³-hybridized carbons (Fsp3) is 0.211. The Kier molecular flexibility index (Phi) is 3.84. The van der Waals surface area contributed by atoms with E-state index in [1.807, 2.05) is 6.92 Å². The zero-order valence-corrected chi connectivity index (χ0v) is 14.1. The number of amides is 1. The maximum absolute atomic E-state index is 12.8. The Balaban J connectivity index is 1.85. The van der Waals surface area contributed by atoms with Gasteiger partial charge in [0, 0.05) is 12.1 Å². The van der Waals surface area contributed by atoms with Gasteiger partial charge in [0.15, 0.2) is 11.5 Å². The largest absolute Gasteiger partial charge is 0.503 e. The lowest BCUT2D eigenvalue weighted by molar-refractivity contribution is -0.118. The number of benzene rings is 1. The molecule has 0 bridgehead atoms. The molecule has 26 heavy (non-hydrogen) atoms. The van der Waals surface area contributed by atoms with E-state index in [2.05, 4.69) is 9.97 Å². The van der Waals surface area contributed by atoms with E-state index in [9.17, 15) is 14.7 Å². The standard InChI is InChI=1S/C19H17N3O4/c1-2-4-14(23)16-17(15-5-3-8-26-15)22(19(25)18(16)24)11-6-7-12-13(9-11)21-10-20-12/h3,5-10,17,24H,2,4H2,1H3,(H,20,21). The minimum Gasteiger partial charge on any atom is -0.503 e. The number of anilines is 1. The van der Waals surface area contributed by atoms with Gasteiger partial charge < -0.3 is 14.5 Å². The Morgan fingerprint density at radius 1 is 1.38 bits per heavy atom. The van der Waals surface area contributed by atoms with Crippen LogP contribution in [0.3, 0.4) is 0 Å². The molecule has 2 aromatic heterocycles. The monoisotopic (exact) mass is 351 g/mol. The lowest BCUT2D eigenvalue weighted by atomic mass is 9.98. The van der Waals surface area contributed by atoms with Gasteiger partial charge in [-0.2, -0.15) is 0 Å². The van der Waals surface area contributed by atoms with Gasteiger partial charge in [0.1, 0.15) is 11.8 Å². The first-order valence-corrected chi connectivity index (χ1v) is 8.38. The minimum atomic E-state index is -0.795. The van der Waals surface area contributed by atoms with Crippen molar-refractivity contribution in [3.63, 3.8) is 0 Å². The smallest absolute Gasteiger partial charge is 0.294 e. The molecule has 0 fully saturated rings. The summed E-state index contributed by atoms with van der Waals surface area (Å²) in [7, 11) is 0. The fourth-order valence-corrected chi connectivity index (χ4v) is 3.31. The van der Waals surface area contributed by atoms with Crippen LogP contribution in [0.25, 0.3) is 11.0 Å². The summed E-state index contributed by atoms with van der Waals surface area (Å²) in [5.74, 6) is -0.976. The molecule has 1 unspecified atom stereocenters. The lowest BCUT2D eigenvalue weighted by Crippen LogP contribution is -2.30. The number of rotatable bonds is 5. The first-order chi connectivity index (χ1) is 12.6. The Morgan fingerprint density at radius 2 is 2.23 bits per heavy atom. The second-order valence-electron chi connectivity index (χ2n) is 6.13. The molecule has 4 rings (SSSR count). The molecule has 0 saturated carbocycles. The number of aliphatic hydroxyl groups is 1. The van der Waals surface area contributed by atoms with Crippen molar-refractivity contribution >= 4 is 28.4 Å². The summed E-state index contributed by atoms with van der Waals surface area (Å²) < 4.78 is 5.49. The van der Waals surface area contributed by atoms with Crippen molar-refractivity contribution < 1.29 is 19.1 Å². The van der Waals surface area contributed by atoms with Crippen molar-refractivity contribution in [2.45, 2.75) is 25.8 Å². The molecule has 0 saturated heterocycles. The topological polar surface area (TPSA) is 99.4 Å². The van der Waals surface area contributed by atoms with Crippen molar-refractivity contribution in [2.24, 2.45) is 0 Å². The summed E-state index contributed by atoms with van der Waals surface area (Å²) in [6, 6.07) is 7.85. The molecular formula is C19H17N3O4. The Labute approximate surface area is 148 Å². The van der Waals surface area contributed by atoms with Crippen LogP contribution in [0.15, 0.2) is 58.7 Å². The van der Waals surface area contributed by atoms with E-state index in [1.165, 1.54) is 11.2 Å². The molecule has 132 valence electrons. The second-order valence-corrected chi connectivity index (χ2v) is 6.13. The van der Waals surface area contributed by atoms with Crippen molar-refractivity contribution in [1.82, 2.24) is 9.97 Å². The van der Waals surface area contributed by atoms with Crippen LogP contribution in [0.1, 0.15) is 31.6 Å². The zero-order valence-electron chi connectivity index (χ0n) is 14.1. The van der Waals surface area contributed by atoms with Crippen LogP contribution in [0.5, 0.6) is 0 Å². The molecule has 1 aromatic carbocycles. The second kappa shape index (κ2) is 6.18. The molecule has 7 heteroatoms. The Hall–Kier alpha value is -3.35. The molecule has 0 spiro atoms. The van der Waals surface area contributed by atoms with Gasteiger partial charge in [0.2, 0.25) is 0 Å². The number of hydrogen-bond donors (Lipinski definition) is 2. The van der Waals surface area contributed by atoms with Gasteiger partial charge in [-0.3, -0.25) is 14.5 Å². The molecule has 1 aliphatic rings. The van der Waals surface area contributed by atoms with Gasteiger partial charge in [0.05, 0.1) is 29.2 Å². The van der Waals surface area contributed by atoms with Gasteiger partial charge >= 0.3 is 0 Å². The number of fused-ring (bicyclic) bond motifs is 1. The van der Waals surface area contributed by atoms with E-state index in [-0.39, 0.29) is 17.8 Å². The SMILES string of the molecule is CCCC(=O)C1=C(O)C(=O)N(c2ccc3nc[nH]c3c2)C1c1ccco1. The summed E-state index contributed by atoms with van der Waals surface area (Å²) in [6.07, 6.45) is 3.91. The summed E-state index contributed by atoms with van der Waals surface area (Å²) in [5.41, 5.74) is 2.13. The van der Waals surface area contributed by atoms with Crippen molar-refractivity contribution in [3.8, 4) is 0 Å². The van der Waals surface area contributed by atoms with Gasteiger partial charge in [-0.1, -0.05) is 6.92 Å². The summed E-state index contributed by atoms with van der Waals surface area (Å²) in [6.45, 7) is 1.87. The zero-order chi connectivity index (χ0) is 18.3. The highest BCUT2D eigenvalue weighted by molar-refractivity contribution is 6.16. The molecule has 3 aromatic rings. The number of carbonyl (C=O) groups excluding carboxylic acids is 2. The third kappa shape index (κ3) is 2.40. The van der Waals surface area contributed by atoms with Crippen molar-refractivity contribution in [3.05, 3.63) is 60.0 Å². The van der Waals surface area contributed by atoms with E-state index in [1.54, 1.807) is 36.7 Å². The molecular weight excluding hydrogens is 334 g/mol. The lowest BCUT2D eigenvalue weighted by Gasteiger charge is -2.25. The first kappa shape index (κ1) is 16.1. The third-order valence-electron chi connectivity index (χ3n) is 4.48. The van der Waals surface area contributed by atoms with Crippen LogP contribution in [-0.2, 0) is 9.59 Å². The number of ketones is 1. The Bertz CT molecular complexity index is 1020. The van der Waals surface area contributed by atoms with Crippen molar-refractivity contribution in [1.29, 1.82) is 0 Å². The molecule has 1 aliphatic heterocycles. The number of Topliss-reactive ketones (excluding diaryl/α,β-unsaturated/α-hetero) is 1. The summed E-state index contributed by atoms with van der Waals surface area (Å²) in [5, 5.41) is 10.4. The Morgan fingerprint density at radius 3 is 2.96 bits per heavy atom. The molecule has 7 nitrogen and oxygen atoms in total. The molecule has 0 aliphatic carbocycles. The van der Waals surface area contributed by atoms with Crippen molar-refractivity contribution in [2.75, 3.05) is 4.90 Å². The van der Waals surface area contributed by atoms with Crippen LogP contribution in [-0.4, -0.2) is 26.8 Å². The maximum atomic E-state index is 12.8. The van der Waals surface area contributed by atoms with E-state index in [0.29, 0.717) is 17.9 Å². The van der Waals surface area contributed by atoms with E-state index in [4.69, 9.17) is 4.42 Å². The number of furan rings is 1. The molecule has 1 amide bonds. The highest BCUT2D eigenvalue weighted by Crippen LogP contribution is 2.42. The average Bonchev–Trinajstić information content (AvgIpc) is 3.35. The highest BCUT2D eigenvalue weighted by Gasteiger charge is 2.45. The number of nitrogens with one attached hydrogen (secondary N) is 1. The minimum absolute atomic E-state index is 0.0801. The number of nitrogens with zero attached hydrogens (tertiary/aromatic N) is 2. The molecule has 0 radical (unpaired) electrons. The van der Waals surface area contributed by atoms with Crippen LogP contribution < -0.4 is 4.90 Å². The maximum Gasteiger partial charge on any atom is 0.294 e. The van der Waals surface area contributed by atoms with E-state index >= 15 is 0 Å². The number of imidazole rings is 1. The number of hydrogen-bond acceptors (Lipinski definition) is 5.